The van der Waals surface area contributed by atoms with E-state index in [0.29, 0.717) is 0 Å². The van der Waals surface area contributed by atoms with Gasteiger partial charge in [-0.05, 0) is 134 Å². The van der Waals surface area contributed by atoms with Crippen molar-refractivity contribution in [3.63, 3.8) is 0 Å². The Morgan fingerprint density at radius 2 is 0.917 bits per heavy atom. The van der Waals surface area contributed by atoms with Crippen LogP contribution >= 0.6 is 0 Å². The topological polar surface area (TPSA) is 21.3 Å². The van der Waals surface area contributed by atoms with Gasteiger partial charge in [0, 0.05) is 44.1 Å². The van der Waals surface area contributed by atoms with Crippen molar-refractivity contribution in [2.75, 3.05) is 4.90 Å². The maximum absolute atomic E-state index is 6.99. The summed E-state index contributed by atoms with van der Waals surface area (Å²) in [6.45, 7) is 4.74. The zero-order valence-electron chi connectivity index (χ0n) is 40.1. The molecule has 3 nitrogen and oxygen atoms in total. The number of aromatic nitrogens is 1. The van der Waals surface area contributed by atoms with Crippen molar-refractivity contribution in [3.8, 4) is 61.3 Å². The van der Waals surface area contributed by atoms with Gasteiger partial charge in [0.1, 0.15) is 11.2 Å². The van der Waals surface area contributed by atoms with Gasteiger partial charge in [-0.15, -0.1) is 0 Å². The van der Waals surface area contributed by atoms with Crippen LogP contribution in [0.1, 0.15) is 25.0 Å². The van der Waals surface area contributed by atoms with Gasteiger partial charge in [-0.25, -0.2) is 0 Å². The minimum absolute atomic E-state index is 0.215. The average molecular weight is 921 g/mol. The lowest BCUT2D eigenvalue weighted by Gasteiger charge is -2.32. The Balaban J connectivity index is 1.06. The molecule has 0 atom stereocenters. The summed E-state index contributed by atoms with van der Waals surface area (Å²) >= 11 is 0. The highest BCUT2D eigenvalue weighted by Crippen LogP contribution is 2.55. The molecule has 3 heteroatoms. The summed E-state index contributed by atoms with van der Waals surface area (Å²) in [5, 5.41) is 4.57. The van der Waals surface area contributed by atoms with E-state index in [1.807, 2.05) is 0 Å². The third kappa shape index (κ3) is 6.58. The fourth-order valence-electron chi connectivity index (χ4n) is 11.7. The Bertz CT molecular complexity index is 4220. The lowest BCUT2D eigenvalue weighted by atomic mass is 9.82. The average Bonchev–Trinajstić information content (AvgIpc) is 4.06. The maximum atomic E-state index is 6.99. The number of hydrogen-bond acceptors (Lipinski definition) is 2. The number of furan rings is 1. The SMILES string of the molecule is CC1(C)c2ccccc2-c2ccc(N(c3ccc(-c4ccccc4)cc3-c3ccccc3)c3c(-c4ccccc4)ccc4oc5ccc(-c6ccc7c(c6)c6ccccc6n7-c6ccccc6)cc5c34)cc21. The molecule has 2 aromatic heterocycles. The van der Waals surface area contributed by atoms with Crippen molar-refractivity contribution in [1.29, 1.82) is 0 Å². The van der Waals surface area contributed by atoms with Crippen LogP contribution in [0.4, 0.5) is 17.1 Å². The fourth-order valence-corrected chi connectivity index (χ4v) is 11.7. The van der Waals surface area contributed by atoms with E-state index in [4.69, 9.17) is 4.42 Å². The van der Waals surface area contributed by atoms with Crippen LogP contribution in [-0.4, -0.2) is 4.57 Å². The van der Waals surface area contributed by atoms with Gasteiger partial charge >= 0.3 is 0 Å². The first-order valence-electron chi connectivity index (χ1n) is 24.9. The molecule has 0 bridgehead atoms. The third-order valence-corrected chi connectivity index (χ3v) is 15.2. The Morgan fingerprint density at radius 3 is 1.68 bits per heavy atom. The van der Waals surface area contributed by atoms with Crippen molar-refractivity contribution in [3.05, 3.63) is 266 Å². The zero-order valence-corrected chi connectivity index (χ0v) is 40.1. The highest BCUT2D eigenvalue weighted by molar-refractivity contribution is 6.19. The Kier molecular flexibility index (Phi) is 9.56. The molecule has 14 rings (SSSR count). The summed E-state index contributed by atoms with van der Waals surface area (Å²) in [6, 6.07) is 93.0. The molecule has 0 saturated carbocycles. The minimum Gasteiger partial charge on any atom is -0.456 e. The molecule has 0 N–H and O–H groups in total. The normalized spacial score (nSPS) is 12.7. The molecule has 1 aliphatic rings. The molecule has 0 fully saturated rings. The summed E-state index contributed by atoms with van der Waals surface area (Å²) in [4.78, 5) is 2.53. The van der Waals surface area contributed by atoms with Gasteiger partial charge in [0.15, 0.2) is 0 Å². The number of para-hydroxylation sites is 2. The lowest BCUT2D eigenvalue weighted by Crippen LogP contribution is -2.17. The quantitative estimate of drug-likeness (QED) is 0.151. The summed E-state index contributed by atoms with van der Waals surface area (Å²) < 4.78 is 9.37. The number of rotatable bonds is 8. The number of anilines is 3. The van der Waals surface area contributed by atoms with Crippen LogP contribution in [0.25, 0.3) is 105 Å². The van der Waals surface area contributed by atoms with Crippen molar-refractivity contribution in [2.45, 2.75) is 19.3 Å². The number of benzene rings is 11. The largest absolute Gasteiger partial charge is 0.456 e. The first kappa shape index (κ1) is 41.8. The highest BCUT2D eigenvalue weighted by atomic mass is 16.3. The highest BCUT2D eigenvalue weighted by Gasteiger charge is 2.36. The van der Waals surface area contributed by atoms with E-state index in [1.54, 1.807) is 0 Å². The van der Waals surface area contributed by atoms with Gasteiger partial charge in [0.2, 0.25) is 0 Å². The van der Waals surface area contributed by atoms with Crippen LogP contribution in [0.2, 0.25) is 0 Å². The molecule has 0 spiro atoms. The molecular weight excluding hydrogens is 873 g/mol. The second-order valence-corrected chi connectivity index (χ2v) is 19.6. The van der Waals surface area contributed by atoms with Crippen molar-refractivity contribution < 1.29 is 4.42 Å². The number of fused-ring (bicyclic) bond motifs is 9. The second-order valence-electron chi connectivity index (χ2n) is 19.6. The van der Waals surface area contributed by atoms with Crippen LogP contribution in [0.15, 0.2) is 259 Å². The van der Waals surface area contributed by atoms with Gasteiger partial charge in [0.05, 0.1) is 27.8 Å². The van der Waals surface area contributed by atoms with E-state index < -0.39 is 0 Å². The summed E-state index contributed by atoms with van der Waals surface area (Å²) in [6.07, 6.45) is 0. The van der Waals surface area contributed by atoms with E-state index in [9.17, 15) is 0 Å². The number of nitrogens with zero attached hydrogens (tertiary/aromatic N) is 2. The van der Waals surface area contributed by atoms with E-state index in [1.165, 1.54) is 49.6 Å². The molecule has 0 amide bonds. The van der Waals surface area contributed by atoms with Gasteiger partial charge < -0.3 is 13.9 Å². The summed E-state index contributed by atoms with van der Waals surface area (Å²) in [5.74, 6) is 0. The lowest BCUT2D eigenvalue weighted by molar-refractivity contribution is 0.660. The third-order valence-electron chi connectivity index (χ3n) is 15.2. The second kappa shape index (κ2) is 16.5. The predicted octanol–water partition coefficient (Wildman–Crippen LogP) is 19.1. The van der Waals surface area contributed by atoms with Crippen LogP contribution < -0.4 is 4.90 Å². The monoisotopic (exact) mass is 920 g/mol. The van der Waals surface area contributed by atoms with Crippen LogP contribution in [0.5, 0.6) is 0 Å². The van der Waals surface area contributed by atoms with Gasteiger partial charge in [-0.1, -0.05) is 190 Å². The maximum Gasteiger partial charge on any atom is 0.137 e. The van der Waals surface area contributed by atoms with Gasteiger partial charge in [0.25, 0.3) is 0 Å². The molecular formula is C69H48N2O. The van der Waals surface area contributed by atoms with Crippen molar-refractivity contribution in [1.82, 2.24) is 4.57 Å². The zero-order chi connectivity index (χ0) is 47.9. The molecule has 11 aromatic carbocycles. The van der Waals surface area contributed by atoms with Crippen LogP contribution in [0, 0.1) is 0 Å². The minimum atomic E-state index is -0.215. The van der Waals surface area contributed by atoms with Crippen LogP contribution in [-0.2, 0) is 5.41 Å². The number of hydrogen-bond donors (Lipinski definition) is 0. The molecule has 2 heterocycles. The molecule has 1 aliphatic carbocycles. The molecule has 0 aliphatic heterocycles. The van der Waals surface area contributed by atoms with E-state index in [-0.39, 0.29) is 5.41 Å². The standard InChI is InChI=1S/C69H48N2O/c1-69(2)60-29-17-15-27-54(60)55-35-34-52(44-61(55)69)71(63-37-31-48(45-19-7-3-8-20-45)41-57(63)47-23-11-5-12-24-47)68-53(46-21-9-4-10-22-46)36-40-66-67(68)59-43-50(33-39-65(59)72-66)49-32-38-64-58(42-49)56-28-16-18-30-62(56)70(64)51-25-13-6-14-26-51/h3-44H,1-2H3. The predicted molar refractivity (Wildman–Crippen MR) is 302 cm³/mol. The van der Waals surface area contributed by atoms with E-state index >= 15 is 0 Å². The molecule has 72 heavy (non-hydrogen) atoms. The Hall–Kier alpha value is -9.18. The first-order valence-corrected chi connectivity index (χ1v) is 24.9. The Labute approximate surface area is 419 Å². The molecule has 340 valence electrons. The summed E-state index contributed by atoms with van der Waals surface area (Å²) in [7, 11) is 0. The van der Waals surface area contributed by atoms with Gasteiger partial charge in [-0.3, -0.25) is 0 Å². The van der Waals surface area contributed by atoms with Crippen LogP contribution in [0.3, 0.4) is 0 Å². The first-order chi connectivity index (χ1) is 35.5. The Morgan fingerprint density at radius 1 is 0.361 bits per heavy atom. The summed E-state index contributed by atoms with van der Waals surface area (Å²) in [5.41, 5.74) is 22.6. The van der Waals surface area contributed by atoms with E-state index in [2.05, 4.69) is 278 Å². The van der Waals surface area contributed by atoms with Crippen molar-refractivity contribution in [2.24, 2.45) is 0 Å². The molecule has 0 radical (unpaired) electrons. The van der Waals surface area contributed by atoms with Crippen molar-refractivity contribution >= 4 is 60.8 Å². The molecule has 0 saturated heterocycles. The molecule has 0 unspecified atom stereocenters. The van der Waals surface area contributed by atoms with Gasteiger partial charge in [-0.2, -0.15) is 0 Å². The smallest absolute Gasteiger partial charge is 0.137 e. The molecule has 13 aromatic rings. The fraction of sp³-hybridized carbons (Fsp3) is 0.0435. The van der Waals surface area contributed by atoms with E-state index in [0.717, 1.165) is 83.6 Å².